The molecule has 1 amide bonds. The molecule has 10 heteroatoms. The Hall–Kier alpha value is -3.48. The summed E-state index contributed by atoms with van der Waals surface area (Å²) in [5.74, 6) is -0.480. The molecular formula is C27H19Cl2N3O3S2. The largest absolute Gasteiger partial charge is 0.506 e. The van der Waals surface area contributed by atoms with Gasteiger partial charge >= 0.3 is 0 Å². The van der Waals surface area contributed by atoms with E-state index in [0.29, 0.717) is 54.4 Å². The fraction of sp³-hybridized carbons (Fsp3) is 0.111. The molecule has 0 aliphatic rings. The molecule has 6 nitrogen and oxygen atoms in total. The van der Waals surface area contributed by atoms with Crippen molar-refractivity contribution < 1.29 is 14.7 Å². The number of nitriles is 1. The number of carbonyl (C=O) groups is 2. The van der Waals surface area contributed by atoms with Crippen molar-refractivity contribution in [3.05, 3.63) is 96.5 Å². The van der Waals surface area contributed by atoms with E-state index in [0.717, 1.165) is 22.5 Å². The van der Waals surface area contributed by atoms with Crippen molar-refractivity contribution >= 4 is 63.3 Å². The van der Waals surface area contributed by atoms with Crippen molar-refractivity contribution in [2.45, 2.75) is 19.8 Å². The fourth-order valence-electron chi connectivity index (χ4n) is 3.44. The van der Waals surface area contributed by atoms with Crippen molar-refractivity contribution in [1.29, 1.82) is 5.26 Å². The Labute approximate surface area is 231 Å². The van der Waals surface area contributed by atoms with Crippen LogP contribution in [0.4, 0.5) is 0 Å². The first-order valence-corrected chi connectivity index (χ1v) is 13.4. The number of hydrazone groups is 1. The standard InChI is InChI=1S/C27H19Cl2N3O3S2/c1-15(19-14-36-26(25(19)34)18-7-8-20(28)21(29)12-18)31-32-27(35)24-11-10-23(37-24)22(33)9-6-16-2-4-17(13-30)5-3-16/h2-5,7-8,10-12,14,34H,6,9H2,1H3,(H,32,35)/b31-15+. The minimum Gasteiger partial charge on any atom is -0.506 e. The number of aryl methyl sites for hydroxylation is 1. The Morgan fingerprint density at radius 3 is 2.49 bits per heavy atom. The number of ketones is 1. The molecule has 4 aromatic rings. The van der Waals surface area contributed by atoms with Gasteiger partial charge in [-0.1, -0.05) is 41.4 Å². The number of Topliss-reactive ketones (excluding diaryl/α,β-unsaturated/α-hetero) is 1. The number of aromatic hydroxyl groups is 1. The van der Waals surface area contributed by atoms with Gasteiger partial charge in [0.15, 0.2) is 5.78 Å². The van der Waals surface area contributed by atoms with E-state index in [-0.39, 0.29) is 11.5 Å². The van der Waals surface area contributed by atoms with E-state index in [1.807, 2.05) is 12.1 Å². The Morgan fingerprint density at radius 2 is 1.78 bits per heavy atom. The molecule has 186 valence electrons. The minimum absolute atomic E-state index is 0.0326. The average Bonchev–Trinajstić information content (AvgIpc) is 3.55. The number of rotatable bonds is 8. The van der Waals surface area contributed by atoms with Gasteiger partial charge < -0.3 is 5.11 Å². The smallest absolute Gasteiger partial charge is 0.281 e. The predicted octanol–water partition coefficient (Wildman–Crippen LogP) is 7.33. The summed E-state index contributed by atoms with van der Waals surface area (Å²) in [6.45, 7) is 1.67. The summed E-state index contributed by atoms with van der Waals surface area (Å²) < 4.78 is 0. The van der Waals surface area contributed by atoms with Gasteiger partial charge in [0.2, 0.25) is 0 Å². The zero-order chi connectivity index (χ0) is 26.5. The van der Waals surface area contributed by atoms with E-state index in [4.69, 9.17) is 28.5 Å². The third kappa shape index (κ3) is 6.27. The number of benzene rings is 2. The maximum atomic E-state index is 12.6. The van der Waals surface area contributed by atoms with E-state index in [1.165, 1.54) is 11.3 Å². The zero-order valence-electron chi connectivity index (χ0n) is 19.4. The van der Waals surface area contributed by atoms with Crippen molar-refractivity contribution in [2.75, 3.05) is 0 Å². The second kappa shape index (κ2) is 11.7. The maximum Gasteiger partial charge on any atom is 0.281 e. The second-order valence-corrected chi connectivity index (χ2v) is 10.8. The number of halogens is 2. The highest BCUT2D eigenvalue weighted by Crippen LogP contribution is 2.40. The molecule has 0 aliphatic heterocycles. The molecule has 0 bridgehead atoms. The van der Waals surface area contributed by atoms with Crippen molar-refractivity contribution in [3.8, 4) is 22.3 Å². The number of thiophene rings is 2. The Kier molecular flexibility index (Phi) is 8.41. The van der Waals surface area contributed by atoms with Crippen LogP contribution >= 0.6 is 45.9 Å². The molecule has 0 saturated carbocycles. The quantitative estimate of drug-likeness (QED) is 0.132. The molecule has 2 aromatic carbocycles. The summed E-state index contributed by atoms with van der Waals surface area (Å²) in [6.07, 6.45) is 0.838. The number of hydrogen-bond acceptors (Lipinski definition) is 7. The SMILES string of the molecule is C/C(=N\NC(=O)c1ccc(C(=O)CCc2ccc(C#N)cc2)s1)c1csc(-c2ccc(Cl)c(Cl)c2)c1O. The van der Waals surface area contributed by atoms with E-state index in [2.05, 4.69) is 16.6 Å². The summed E-state index contributed by atoms with van der Waals surface area (Å²) in [7, 11) is 0. The van der Waals surface area contributed by atoms with Crippen LogP contribution in [0.15, 0.2) is 65.1 Å². The molecule has 4 rings (SSSR count). The van der Waals surface area contributed by atoms with Gasteiger partial charge in [-0.25, -0.2) is 5.43 Å². The Balaban J connectivity index is 1.38. The van der Waals surface area contributed by atoms with Crippen LogP contribution in [0.3, 0.4) is 0 Å². The molecule has 2 heterocycles. The van der Waals surface area contributed by atoms with Crippen LogP contribution in [0.5, 0.6) is 5.75 Å². The van der Waals surface area contributed by atoms with E-state index >= 15 is 0 Å². The summed E-state index contributed by atoms with van der Waals surface area (Å²) in [4.78, 5) is 26.6. The molecule has 0 radical (unpaired) electrons. The highest BCUT2D eigenvalue weighted by molar-refractivity contribution is 7.16. The van der Waals surface area contributed by atoms with Crippen LogP contribution in [-0.2, 0) is 6.42 Å². The summed E-state index contributed by atoms with van der Waals surface area (Å²) in [5.41, 5.74) is 5.64. The number of nitrogens with zero attached hydrogens (tertiary/aromatic N) is 2. The lowest BCUT2D eigenvalue weighted by atomic mass is 10.1. The molecule has 0 unspecified atom stereocenters. The van der Waals surface area contributed by atoms with Gasteiger partial charge in [0, 0.05) is 11.8 Å². The van der Waals surface area contributed by atoms with Crippen molar-refractivity contribution in [1.82, 2.24) is 5.43 Å². The van der Waals surface area contributed by atoms with Crippen LogP contribution in [-0.4, -0.2) is 22.5 Å². The highest BCUT2D eigenvalue weighted by Gasteiger charge is 2.17. The maximum absolute atomic E-state index is 12.6. The minimum atomic E-state index is -0.449. The first-order valence-electron chi connectivity index (χ1n) is 11.0. The van der Waals surface area contributed by atoms with Crippen LogP contribution in [0, 0.1) is 11.3 Å². The lowest BCUT2D eigenvalue weighted by Crippen LogP contribution is -2.18. The van der Waals surface area contributed by atoms with E-state index in [9.17, 15) is 14.7 Å². The van der Waals surface area contributed by atoms with Gasteiger partial charge in [0.1, 0.15) is 5.75 Å². The Bertz CT molecular complexity index is 1550. The van der Waals surface area contributed by atoms with Crippen molar-refractivity contribution in [3.63, 3.8) is 0 Å². The molecule has 2 aromatic heterocycles. The van der Waals surface area contributed by atoms with Gasteiger partial charge in [-0.2, -0.15) is 10.4 Å². The molecule has 0 atom stereocenters. The lowest BCUT2D eigenvalue weighted by Gasteiger charge is -2.04. The molecule has 0 saturated heterocycles. The molecular weight excluding hydrogens is 549 g/mol. The third-order valence-corrected chi connectivity index (χ3v) is 8.37. The van der Waals surface area contributed by atoms with E-state index in [1.54, 1.807) is 54.8 Å². The fourth-order valence-corrected chi connectivity index (χ4v) is 5.60. The molecule has 0 fully saturated rings. The molecule has 0 spiro atoms. The molecule has 37 heavy (non-hydrogen) atoms. The van der Waals surface area contributed by atoms with Gasteiger partial charge in [0.05, 0.1) is 47.6 Å². The number of hydrogen-bond donors (Lipinski definition) is 2. The first-order chi connectivity index (χ1) is 17.8. The number of carbonyl (C=O) groups excluding carboxylic acids is 2. The van der Waals surface area contributed by atoms with Crippen LogP contribution in [0.1, 0.15) is 49.4 Å². The summed E-state index contributed by atoms with van der Waals surface area (Å²) in [5, 5.41) is 26.3. The predicted molar refractivity (Wildman–Crippen MR) is 149 cm³/mol. The van der Waals surface area contributed by atoms with Gasteiger partial charge in [-0.15, -0.1) is 22.7 Å². The van der Waals surface area contributed by atoms with Crippen LogP contribution in [0.25, 0.3) is 10.4 Å². The molecule has 2 N–H and O–H groups in total. The number of nitrogens with one attached hydrogen (secondary N) is 1. The second-order valence-electron chi connectivity index (χ2n) is 7.99. The third-order valence-electron chi connectivity index (χ3n) is 5.49. The van der Waals surface area contributed by atoms with Gasteiger partial charge in [0.25, 0.3) is 5.91 Å². The van der Waals surface area contributed by atoms with Gasteiger partial charge in [-0.05, 0) is 60.9 Å². The zero-order valence-corrected chi connectivity index (χ0v) is 22.6. The summed E-state index contributed by atoms with van der Waals surface area (Å²) in [6, 6.07) is 17.5. The average molecular weight is 569 g/mol. The van der Waals surface area contributed by atoms with E-state index < -0.39 is 5.91 Å². The van der Waals surface area contributed by atoms with Gasteiger partial charge in [-0.3, -0.25) is 9.59 Å². The van der Waals surface area contributed by atoms with Crippen molar-refractivity contribution in [2.24, 2.45) is 5.10 Å². The highest BCUT2D eigenvalue weighted by atomic mass is 35.5. The normalized spacial score (nSPS) is 11.2. The van der Waals surface area contributed by atoms with Crippen LogP contribution < -0.4 is 5.43 Å². The summed E-state index contributed by atoms with van der Waals surface area (Å²) >= 11 is 14.5. The Morgan fingerprint density at radius 1 is 1.05 bits per heavy atom. The molecule has 0 aliphatic carbocycles. The monoisotopic (exact) mass is 567 g/mol. The number of amides is 1. The first kappa shape index (κ1) is 26.6. The topological polar surface area (TPSA) is 103 Å². The van der Waals surface area contributed by atoms with Crippen LogP contribution in [0.2, 0.25) is 10.0 Å². The lowest BCUT2D eigenvalue weighted by molar-refractivity contribution is 0.0957.